The summed E-state index contributed by atoms with van der Waals surface area (Å²) >= 11 is 0. The van der Waals surface area contributed by atoms with Crippen molar-refractivity contribution in [3.05, 3.63) is 71.3 Å². The van der Waals surface area contributed by atoms with E-state index in [0.29, 0.717) is 23.2 Å². The minimum Gasteiger partial charge on any atom is -0.355 e. The maximum Gasteiger partial charge on any atom is 0.221 e. The first-order chi connectivity index (χ1) is 14.1. The van der Waals surface area contributed by atoms with Gasteiger partial charge in [0, 0.05) is 24.2 Å². The van der Waals surface area contributed by atoms with E-state index >= 15 is 0 Å². The molecule has 0 radical (unpaired) electrons. The van der Waals surface area contributed by atoms with E-state index in [4.69, 9.17) is 0 Å². The van der Waals surface area contributed by atoms with E-state index in [-0.39, 0.29) is 23.9 Å². The molecule has 2 aromatic carbocycles. The fourth-order valence-corrected chi connectivity index (χ4v) is 4.53. The van der Waals surface area contributed by atoms with Crippen LogP contribution in [0.2, 0.25) is 0 Å². The number of ketones is 2. The Kier molecular flexibility index (Phi) is 5.58. The van der Waals surface area contributed by atoms with Gasteiger partial charge < -0.3 is 10.2 Å². The van der Waals surface area contributed by atoms with Crippen LogP contribution in [0.15, 0.2) is 54.6 Å². The summed E-state index contributed by atoms with van der Waals surface area (Å²) in [7, 11) is 0. The van der Waals surface area contributed by atoms with Crippen molar-refractivity contribution >= 4 is 17.5 Å². The molecule has 0 atom stereocenters. The minimum atomic E-state index is -1.47. The number of rotatable bonds is 6. The fraction of sp³-hybridized carbons (Fsp3) is 0.375. The third-order valence-electron chi connectivity index (χ3n) is 6.08. The van der Waals surface area contributed by atoms with Crippen molar-refractivity contribution < 1.29 is 14.4 Å². The topological polar surface area (TPSA) is 66.5 Å². The molecule has 1 amide bonds. The van der Waals surface area contributed by atoms with Gasteiger partial charge in [-0.1, -0.05) is 61.0 Å². The van der Waals surface area contributed by atoms with Gasteiger partial charge in [0.1, 0.15) is 5.41 Å². The predicted molar refractivity (Wildman–Crippen MR) is 111 cm³/mol. The van der Waals surface area contributed by atoms with Crippen molar-refractivity contribution in [2.24, 2.45) is 0 Å². The molecule has 5 heteroatoms. The molecule has 5 nitrogen and oxygen atoms in total. The molecular weight excluding hydrogens is 364 g/mol. The maximum absolute atomic E-state index is 13.4. The molecule has 1 fully saturated rings. The Morgan fingerprint density at radius 2 is 1.45 bits per heavy atom. The largest absolute Gasteiger partial charge is 0.355 e. The van der Waals surface area contributed by atoms with E-state index in [1.54, 1.807) is 48.5 Å². The molecule has 1 aliphatic carbocycles. The van der Waals surface area contributed by atoms with Gasteiger partial charge in [0.15, 0.2) is 11.6 Å². The van der Waals surface area contributed by atoms with Crippen molar-refractivity contribution in [1.82, 2.24) is 10.2 Å². The highest BCUT2D eigenvalue weighted by molar-refractivity contribution is 6.34. The summed E-state index contributed by atoms with van der Waals surface area (Å²) in [6.07, 6.45) is 3.51. The smallest absolute Gasteiger partial charge is 0.221 e. The van der Waals surface area contributed by atoms with E-state index in [0.717, 1.165) is 19.6 Å². The van der Waals surface area contributed by atoms with E-state index in [2.05, 4.69) is 10.2 Å². The van der Waals surface area contributed by atoms with Crippen LogP contribution >= 0.6 is 0 Å². The lowest BCUT2D eigenvalue weighted by Gasteiger charge is -2.28. The molecular formula is C24H26N2O3. The Morgan fingerprint density at radius 1 is 0.862 bits per heavy atom. The van der Waals surface area contributed by atoms with Crippen LogP contribution in [-0.4, -0.2) is 48.6 Å². The standard InChI is InChI=1S/C24H26N2O3/c27-21(25-13-16-26-14-7-2-8-15-26)17-24(18-9-3-1-4-10-18)22(28)19-11-5-6-12-20(19)23(24)29/h1,3-6,9-12H,2,7-8,13-17H2,(H,25,27). The molecule has 1 saturated heterocycles. The van der Waals surface area contributed by atoms with Gasteiger partial charge in [-0.3, -0.25) is 14.4 Å². The number of hydrogen-bond acceptors (Lipinski definition) is 4. The summed E-state index contributed by atoms with van der Waals surface area (Å²) < 4.78 is 0. The number of nitrogens with one attached hydrogen (secondary N) is 1. The molecule has 2 aromatic rings. The molecule has 1 aliphatic heterocycles. The number of carbonyl (C=O) groups excluding carboxylic acids is 3. The number of piperidine rings is 1. The van der Waals surface area contributed by atoms with Gasteiger partial charge >= 0.3 is 0 Å². The van der Waals surface area contributed by atoms with Gasteiger partial charge in [-0.2, -0.15) is 0 Å². The number of carbonyl (C=O) groups is 3. The lowest BCUT2D eigenvalue weighted by Crippen LogP contribution is -2.45. The Bertz CT molecular complexity index is 882. The number of benzene rings is 2. The second-order valence-electron chi connectivity index (χ2n) is 7.90. The maximum atomic E-state index is 13.4. The first-order valence-electron chi connectivity index (χ1n) is 10.4. The van der Waals surface area contributed by atoms with Crippen LogP contribution < -0.4 is 5.32 Å². The summed E-state index contributed by atoms with van der Waals surface area (Å²) in [5.74, 6) is -0.827. The predicted octanol–water partition coefficient (Wildman–Crippen LogP) is 3.00. The number of nitrogens with zero attached hydrogens (tertiary/aromatic N) is 1. The van der Waals surface area contributed by atoms with Crippen molar-refractivity contribution in [3.63, 3.8) is 0 Å². The van der Waals surface area contributed by atoms with Crippen molar-refractivity contribution in [3.8, 4) is 0 Å². The van der Waals surface area contributed by atoms with Crippen molar-refractivity contribution in [2.45, 2.75) is 31.1 Å². The highest BCUT2D eigenvalue weighted by Gasteiger charge is 2.55. The Morgan fingerprint density at radius 3 is 2.07 bits per heavy atom. The molecule has 0 saturated carbocycles. The van der Waals surface area contributed by atoms with Crippen LogP contribution in [0.3, 0.4) is 0 Å². The lowest BCUT2D eigenvalue weighted by atomic mass is 9.73. The zero-order valence-corrected chi connectivity index (χ0v) is 16.5. The average molecular weight is 390 g/mol. The second kappa shape index (κ2) is 8.29. The molecule has 2 aliphatic rings. The molecule has 4 rings (SSSR count). The molecule has 0 aromatic heterocycles. The number of fused-ring (bicyclic) bond motifs is 1. The van der Waals surface area contributed by atoms with E-state index in [1.807, 2.05) is 6.07 Å². The molecule has 0 spiro atoms. The zero-order chi connectivity index (χ0) is 20.3. The summed E-state index contributed by atoms with van der Waals surface area (Å²) in [5, 5.41) is 2.93. The van der Waals surface area contributed by atoms with E-state index in [9.17, 15) is 14.4 Å². The first kappa shape index (κ1) is 19.5. The third-order valence-corrected chi connectivity index (χ3v) is 6.08. The summed E-state index contributed by atoms with van der Waals surface area (Å²) in [5.41, 5.74) is -0.0810. The van der Waals surface area contributed by atoms with Gasteiger partial charge in [0.2, 0.25) is 5.91 Å². The van der Waals surface area contributed by atoms with Crippen molar-refractivity contribution in [2.75, 3.05) is 26.2 Å². The average Bonchev–Trinajstić information content (AvgIpc) is 2.98. The lowest BCUT2D eigenvalue weighted by molar-refractivity contribution is -0.121. The fourth-order valence-electron chi connectivity index (χ4n) is 4.53. The zero-order valence-electron chi connectivity index (χ0n) is 16.5. The monoisotopic (exact) mass is 390 g/mol. The minimum absolute atomic E-state index is 0.163. The van der Waals surface area contributed by atoms with Gasteiger partial charge in [0.05, 0.1) is 6.42 Å². The molecule has 0 unspecified atom stereocenters. The highest BCUT2D eigenvalue weighted by Crippen LogP contribution is 2.42. The number of hydrogen-bond donors (Lipinski definition) is 1. The molecule has 29 heavy (non-hydrogen) atoms. The van der Waals surface area contributed by atoms with Gasteiger partial charge in [-0.05, 0) is 31.5 Å². The first-order valence-corrected chi connectivity index (χ1v) is 10.4. The van der Waals surface area contributed by atoms with Gasteiger partial charge in [-0.15, -0.1) is 0 Å². The number of Topliss-reactive ketones (excluding diaryl/α,β-unsaturated/α-hetero) is 2. The Hall–Kier alpha value is -2.79. The SMILES string of the molecule is O=C(CC1(c2ccccc2)C(=O)c2ccccc2C1=O)NCCN1CCCCC1. The van der Waals surface area contributed by atoms with Crippen LogP contribution in [-0.2, 0) is 10.2 Å². The summed E-state index contributed by atoms with van der Waals surface area (Å²) in [6.45, 7) is 3.46. The van der Waals surface area contributed by atoms with Crippen LogP contribution in [0.1, 0.15) is 52.0 Å². The van der Waals surface area contributed by atoms with Gasteiger partial charge in [0.25, 0.3) is 0 Å². The molecule has 150 valence electrons. The van der Waals surface area contributed by atoms with E-state index in [1.165, 1.54) is 19.3 Å². The summed E-state index contributed by atoms with van der Waals surface area (Å²) in [6, 6.07) is 15.8. The molecule has 1 N–H and O–H groups in total. The second-order valence-corrected chi connectivity index (χ2v) is 7.90. The van der Waals surface area contributed by atoms with E-state index < -0.39 is 5.41 Å². The van der Waals surface area contributed by atoms with Crippen LogP contribution in [0.5, 0.6) is 0 Å². The number of amides is 1. The highest BCUT2D eigenvalue weighted by atomic mass is 16.2. The van der Waals surface area contributed by atoms with Crippen molar-refractivity contribution in [1.29, 1.82) is 0 Å². The summed E-state index contributed by atoms with van der Waals surface area (Å²) in [4.78, 5) is 41.9. The third kappa shape index (κ3) is 3.62. The van der Waals surface area contributed by atoms with Crippen LogP contribution in [0.25, 0.3) is 0 Å². The quantitative estimate of drug-likeness (QED) is 0.770. The Balaban J connectivity index is 1.54. The number of likely N-dealkylation sites (tertiary alicyclic amines) is 1. The molecule has 0 bridgehead atoms. The van der Waals surface area contributed by atoms with Gasteiger partial charge in [-0.25, -0.2) is 0 Å². The van der Waals surface area contributed by atoms with Crippen LogP contribution in [0.4, 0.5) is 0 Å². The molecule has 1 heterocycles. The van der Waals surface area contributed by atoms with Crippen LogP contribution in [0, 0.1) is 0 Å². The normalized spacial score (nSPS) is 18.5. The Labute approximate surface area is 171 Å².